The summed E-state index contributed by atoms with van der Waals surface area (Å²) in [7, 11) is 0. The van der Waals surface area contributed by atoms with Crippen molar-refractivity contribution in [1.82, 2.24) is 10.2 Å². The van der Waals surface area contributed by atoms with Crippen LogP contribution in [0.5, 0.6) is 0 Å². The third-order valence-electron chi connectivity index (χ3n) is 4.51. The van der Waals surface area contributed by atoms with Crippen molar-refractivity contribution in [3.05, 3.63) is 34.8 Å². The standard InChI is InChI=1S/C20H26N4O2S/c1-5-13-6-8-15(9-7-13)24-12-14(10-17(24)26)18-22-23-19(27-18)21-16(25)11-20(2,3)4/h6-9,14H,5,10-12H2,1-4H3,(H,21,23,25). The van der Waals surface area contributed by atoms with Crippen LogP contribution in [-0.4, -0.2) is 28.6 Å². The maximum Gasteiger partial charge on any atom is 0.227 e. The number of aryl methyl sites for hydroxylation is 1. The van der Waals surface area contributed by atoms with Crippen LogP contribution in [0.4, 0.5) is 10.8 Å². The highest BCUT2D eigenvalue weighted by molar-refractivity contribution is 7.15. The molecule has 0 bridgehead atoms. The van der Waals surface area contributed by atoms with Crippen LogP contribution in [0.1, 0.15) is 57.0 Å². The van der Waals surface area contributed by atoms with Crippen LogP contribution in [0.15, 0.2) is 24.3 Å². The first-order valence-corrected chi connectivity index (χ1v) is 10.1. The summed E-state index contributed by atoms with van der Waals surface area (Å²) in [6.07, 6.45) is 1.82. The summed E-state index contributed by atoms with van der Waals surface area (Å²) in [6, 6.07) is 8.11. The van der Waals surface area contributed by atoms with Crippen LogP contribution in [0.2, 0.25) is 0 Å². The summed E-state index contributed by atoms with van der Waals surface area (Å²) in [5, 5.41) is 12.4. The van der Waals surface area contributed by atoms with Gasteiger partial charge < -0.3 is 10.2 Å². The Morgan fingerprint density at radius 1 is 1.26 bits per heavy atom. The fraction of sp³-hybridized carbons (Fsp3) is 0.500. The summed E-state index contributed by atoms with van der Waals surface area (Å²) in [6.45, 7) is 8.76. The van der Waals surface area contributed by atoms with Crippen LogP contribution < -0.4 is 10.2 Å². The summed E-state index contributed by atoms with van der Waals surface area (Å²) >= 11 is 1.36. The molecule has 1 aromatic carbocycles. The molecule has 2 heterocycles. The number of benzene rings is 1. The average Bonchev–Trinajstić information content (AvgIpc) is 3.20. The highest BCUT2D eigenvalue weighted by Crippen LogP contribution is 2.34. The number of nitrogens with one attached hydrogen (secondary N) is 1. The van der Waals surface area contributed by atoms with Crippen molar-refractivity contribution in [1.29, 1.82) is 0 Å². The van der Waals surface area contributed by atoms with Crippen molar-refractivity contribution in [3.8, 4) is 0 Å². The van der Waals surface area contributed by atoms with Gasteiger partial charge in [0.25, 0.3) is 0 Å². The molecule has 1 unspecified atom stereocenters. The van der Waals surface area contributed by atoms with E-state index in [0.717, 1.165) is 17.1 Å². The molecule has 0 aliphatic carbocycles. The number of carbonyl (C=O) groups excluding carboxylic acids is 2. The predicted octanol–water partition coefficient (Wildman–Crippen LogP) is 4.00. The van der Waals surface area contributed by atoms with Gasteiger partial charge in [0.1, 0.15) is 5.01 Å². The second kappa shape index (κ2) is 7.76. The lowest BCUT2D eigenvalue weighted by Crippen LogP contribution is -2.24. The molecule has 6 nitrogen and oxygen atoms in total. The fourth-order valence-electron chi connectivity index (χ4n) is 3.13. The topological polar surface area (TPSA) is 75.2 Å². The summed E-state index contributed by atoms with van der Waals surface area (Å²) in [5.41, 5.74) is 2.09. The number of aromatic nitrogens is 2. The summed E-state index contributed by atoms with van der Waals surface area (Å²) in [5.74, 6) is 0.0391. The lowest BCUT2D eigenvalue weighted by molar-refractivity contribution is -0.118. The number of rotatable bonds is 5. The normalized spacial score (nSPS) is 17.4. The number of anilines is 2. The molecule has 0 saturated carbocycles. The Labute approximate surface area is 164 Å². The van der Waals surface area contributed by atoms with Gasteiger partial charge in [-0.05, 0) is 29.5 Å². The molecule has 2 aromatic rings. The SMILES string of the molecule is CCc1ccc(N2CC(c3nnc(NC(=O)CC(C)(C)C)s3)CC2=O)cc1. The van der Waals surface area contributed by atoms with Crippen LogP contribution in [0.25, 0.3) is 0 Å². The zero-order chi connectivity index (χ0) is 19.6. The van der Waals surface area contributed by atoms with Gasteiger partial charge in [-0.1, -0.05) is 51.2 Å². The molecule has 1 saturated heterocycles. The van der Waals surface area contributed by atoms with E-state index in [4.69, 9.17) is 0 Å². The van der Waals surface area contributed by atoms with Crippen LogP contribution >= 0.6 is 11.3 Å². The summed E-state index contributed by atoms with van der Waals surface area (Å²) in [4.78, 5) is 26.3. The number of amides is 2. The van der Waals surface area contributed by atoms with Crippen LogP contribution in [0, 0.1) is 5.41 Å². The van der Waals surface area contributed by atoms with E-state index >= 15 is 0 Å². The molecule has 0 radical (unpaired) electrons. The van der Waals surface area contributed by atoms with Gasteiger partial charge in [0.15, 0.2) is 0 Å². The monoisotopic (exact) mass is 386 g/mol. The molecule has 3 rings (SSSR count). The predicted molar refractivity (Wildman–Crippen MR) is 108 cm³/mol. The second-order valence-corrected chi connectivity index (χ2v) is 9.17. The minimum atomic E-state index is -0.0801. The van der Waals surface area contributed by atoms with E-state index in [0.29, 0.717) is 24.5 Å². The van der Waals surface area contributed by atoms with Gasteiger partial charge in [0.05, 0.1) is 0 Å². The van der Waals surface area contributed by atoms with Crippen molar-refractivity contribution >= 4 is 34.0 Å². The van der Waals surface area contributed by atoms with Crippen LogP contribution in [0.3, 0.4) is 0 Å². The number of carbonyl (C=O) groups is 2. The van der Waals surface area contributed by atoms with Gasteiger partial charge in [-0.15, -0.1) is 10.2 Å². The van der Waals surface area contributed by atoms with Gasteiger partial charge in [-0.25, -0.2) is 0 Å². The van der Waals surface area contributed by atoms with E-state index < -0.39 is 0 Å². The molecule has 0 spiro atoms. The van der Waals surface area contributed by atoms with Crippen molar-refractivity contribution in [2.75, 3.05) is 16.8 Å². The molecule has 144 valence electrons. The van der Waals surface area contributed by atoms with Crippen molar-refractivity contribution < 1.29 is 9.59 Å². The van der Waals surface area contributed by atoms with E-state index in [9.17, 15) is 9.59 Å². The van der Waals surface area contributed by atoms with E-state index in [1.165, 1.54) is 16.9 Å². The zero-order valence-electron chi connectivity index (χ0n) is 16.3. The Morgan fingerprint density at radius 2 is 1.96 bits per heavy atom. The van der Waals surface area contributed by atoms with Crippen molar-refractivity contribution in [2.24, 2.45) is 5.41 Å². The van der Waals surface area contributed by atoms with Gasteiger partial charge in [0, 0.05) is 31.0 Å². The number of hydrogen-bond acceptors (Lipinski definition) is 5. The number of nitrogens with zero attached hydrogens (tertiary/aromatic N) is 3. The molecule has 1 aliphatic rings. The maximum atomic E-state index is 12.5. The largest absolute Gasteiger partial charge is 0.312 e. The molecular formula is C20H26N4O2S. The number of hydrogen-bond donors (Lipinski definition) is 1. The maximum absolute atomic E-state index is 12.5. The van der Waals surface area contributed by atoms with E-state index in [-0.39, 0.29) is 23.1 Å². The molecule has 1 aromatic heterocycles. The zero-order valence-corrected chi connectivity index (χ0v) is 17.1. The first-order chi connectivity index (χ1) is 12.7. The molecular weight excluding hydrogens is 360 g/mol. The van der Waals surface area contributed by atoms with E-state index in [2.05, 4.69) is 34.6 Å². The quantitative estimate of drug-likeness (QED) is 0.843. The highest BCUT2D eigenvalue weighted by Gasteiger charge is 2.34. The summed E-state index contributed by atoms with van der Waals surface area (Å²) < 4.78 is 0. The first kappa shape index (κ1) is 19.5. The fourth-order valence-corrected chi connectivity index (χ4v) is 3.98. The highest BCUT2D eigenvalue weighted by atomic mass is 32.1. The van der Waals surface area contributed by atoms with Gasteiger partial charge in [-0.2, -0.15) is 0 Å². The van der Waals surface area contributed by atoms with Crippen LogP contribution in [-0.2, 0) is 16.0 Å². The van der Waals surface area contributed by atoms with Gasteiger partial charge in [-0.3, -0.25) is 9.59 Å². The first-order valence-electron chi connectivity index (χ1n) is 9.28. The molecule has 7 heteroatoms. The Balaban J connectivity index is 1.65. The third kappa shape index (κ3) is 4.91. The minimum absolute atomic E-state index is 0.00844. The van der Waals surface area contributed by atoms with Crippen molar-refractivity contribution in [3.63, 3.8) is 0 Å². The minimum Gasteiger partial charge on any atom is -0.312 e. The van der Waals surface area contributed by atoms with E-state index in [1.54, 1.807) is 0 Å². The third-order valence-corrected chi connectivity index (χ3v) is 5.51. The Kier molecular flexibility index (Phi) is 5.60. The lowest BCUT2D eigenvalue weighted by Gasteiger charge is -2.16. The average molecular weight is 387 g/mol. The van der Waals surface area contributed by atoms with Crippen molar-refractivity contribution in [2.45, 2.75) is 52.9 Å². The molecule has 1 N–H and O–H groups in total. The Morgan fingerprint density at radius 3 is 2.59 bits per heavy atom. The second-order valence-electron chi connectivity index (χ2n) is 8.16. The molecule has 1 aliphatic heterocycles. The molecule has 1 fully saturated rings. The molecule has 2 amide bonds. The van der Waals surface area contributed by atoms with E-state index in [1.807, 2.05) is 37.8 Å². The Hall–Kier alpha value is -2.28. The molecule has 1 atom stereocenters. The smallest absolute Gasteiger partial charge is 0.227 e. The molecule has 27 heavy (non-hydrogen) atoms. The Bertz CT molecular complexity index is 823. The van der Waals surface area contributed by atoms with Gasteiger partial charge in [0.2, 0.25) is 16.9 Å². The lowest BCUT2D eigenvalue weighted by atomic mass is 9.92. The van der Waals surface area contributed by atoms with Gasteiger partial charge >= 0.3 is 0 Å².